The van der Waals surface area contributed by atoms with Gasteiger partial charge in [0.05, 0.1) is 28.6 Å². The summed E-state index contributed by atoms with van der Waals surface area (Å²) in [4.78, 5) is 28.4. The zero-order chi connectivity index (χ0) is 26.0. The number of aromatic nitrogens is 2. The lowest BCUT2D eigenvalue weighted by molar-refractivity contribution is 0.0702. The van der Waals surface area contributed by atoms with Crippen LogP contribution in [0, 0.1) is 23.7 Å². The van der Waals surface area contributed by atoms with Gasteiger partial charge in [0, 0.05) is 21.5 Å². The third kappa shape index (κ3) is 4.52. The molecular formula is C25H14ClF2N3O4S. The molecule has 0 saturated heterocycles. The lowest BCUT2D eigenvalue weighted by atomic mass is 10.0. The molecule has 36 heavy (non-hydrogen) atoms. The molecule has 0 spiro atoms. The quantitative estimate of drug-likeness (QED) is 0.326. The van der Waals surface area contributed by atoms with E-state index in [1.54, 1.807) is 11.4 Å². The van der Waals surface area contributed by atoms with Crippen molar-refractivity contribution in [2.75, 3.05) is 6.61 Å². The van der Waals surface area contributed by atoms with Gasteiger partial charge in [0.2, 0.25) is 0 Å². The highest BCUT2D eigenvalue weighted by Gasteiger charge is 2.22. The maximum atomic E-state index is 13.7. The summed E-state index contributed by atoms with van der Waals surface area (Å²) in [5.74, 6) is 0.702. The number of fused-ring (bicyclic) bond motifs is 1. The van der Waals surface area contributed by atoms with Gasteiger partial charge < -0.3 is 9.84 Å². The Labute approximate surface area is 211 Å². The molecule has 0 aliphatic heterocycles. The molecule has 2 aromatic carbocycles. The Kier molecular flexibility index (Phi) is 7.02. The smallest absolute Gasteiger partial charge is 0.347 e. The minimum atomic E-state index is -3.04. The Hall–Kier alpha value is -4.25. The van der Waals surface area contributed by atoms with E-state index in [2.05, 4.69) is 10.9 Å². The molecule has 4 rings (SSSR count). The number of nitrogens with zero attached hydrogens (tertiary/aromatic N) is 3. The van der Waals surface area contributed by atoms with E-state index in [-0.39, 0.29) is 45.8 Å². The van der Waals surface area contributed by atoms with Crippen LogP contribution in [0.15, 0.2) is 46.6 Å². The minimum absolute atomic E-state index is 0.0000114. The van der Waals surface area contributed by atoms with E-state index in [9.17, 15) is 28.7 Å². The Morgan fingerprint density at radius 2 is 2.08 bits per heavy atom. The summed E-state index contributed by atoms with van der Waals surface area (Å²) in [6, 6.07) is 10.7. The van der Waals surface area contributed by atoms with Gasteiger partial charge in [0.25, 0.3) is 12.0 Å². The molecule has 0 bridgehead atoms. The van der Waals surface area contributed by atoms with Crippen molar-refractivity contribution in [2.24, 2.45) is 0 Å². The second kappa shape index (κ2) is 10.2. The highest BCUT2D eigenvalue weighted by atomic mass is 35.5. The molecular weight excluding hydrogens is 512 g/mol. The van der Waals surface area contributed by atoms with Gasteiger partial charge in [0.15, 0.2) is 5.82 Å². The van der Waals surface area contributed by atoms with E-state index in [4.69, 9.17) is 22.8 Å². The number of aromatic carboxylic acids is 1. The van der Waals surface area contributed by atoms with Gasteiger partial charge in [-0.25, -0.2) is 18.6 Å². The summed E-state index contributed by atoms with van der Waals surface area (Å²) in [6.07, 6.45) is 2.50. The first-order valence-corrected chi connectivity index (χ1v) is 11.5. The Morgan fingerprint density at radius 3 is 2.75 bits per heavy atom. The first kappa shape index (κ1) is 24.9. The van der Waals surface area contributed by atoms with E-state index < -0.39 is 23.8 Å². The lowest BCUT2D eigenvalue weighted by Gasteiger charge is -2.15. The van der Waals surface area contributed by atoms with Gasteiger partial charge in [-0.05, 0) is 30.3 Å². The molecule has 2 heterocycles. The summed E-state index contributed by atoms with van der Waals surface area (Å²) < 4.78 is 34.1. The summed E-state index contributed by atoms with van der Waals surface area (Å²) in [5, 5.41) is 20.6. The van der Waals surface area contributed by atoms with Gasteiger partial charge in [-0.15, -0.1) is 17.8 Å². The molecule has 2 aromatic heterocycles. The number of carbonyl (C=O) groups is 1. The van der Waals surface area contributed by atoms with Crippen LogP contribution < -0.4 is 10.3 Å². The molecule has 0 saturated carbocycles. The van der Waals surface area contributed by atoms with Crippen LogP contribution in [0.25, 0.3) is 22.0 Å². The Bertz CT molecular complexity index is 1650. The highest BCUT2D eigenvalue weighted by Crippen LogP contribution is 2.38. The summed E-state index contributed by atoms with van der Waals surface area (Å²) in [5.41, 5.74) is 0.205. The normalized spacial score (nSPS) is 10.8. The van der Waals surface area contributed by atoms with E-state index in [0.29, 0.717) is 16.1 Å². The second-order valence-electron chi connectivity index (χ2n) is 7.33. The summed E-state index contributed by atoms with van der Waals surface area (Å²) in [7, 11) is 0. The van der Waals surface area contributed by atoms with E-state index >= 15 is 0 Å². The standard InChI is InChI=1S/C25H14ClF2N3O4S/c1-2-15-17(12-36-21(15)25(33)34)16-10-14(26)6-7-19(16)35-9-8-31-23(22(27)28)30-18-5-3-4-13(11-29)20(18)24(31)32/h1,3-7,10,12,22H,8-9H2,(H,33,34). The maximum absolute atomic E-state index is 13.7. The largest absolute Gasteiger partial charge is 0.491 e. The van der Waals surface area contributed by atoms with Crippen LogP contribution in [-0.4, -0.2) is 27.2 Å². The molecule has 0 amide bonds. The van der Waals surface area contributed by atoms with Crippen molar-refractivity contribution in [3.05, 3.63) is 79.0 Å². The minimum Gasteiger partial charge on any atom is -0.491 e. The van der Waals surface area contributed by atoms with E-state index in [0.717, 1.165) is 15.9 Å². The van der Waals surface area contributed by atoms with Crippen molar-refractivity contribution in [2.45, 2.75) is 13.0 Å². The van der Waals surface area contributed by atoms with Crippen molar-refractivity contribution >= 4 is 39.8 Å². The van der Waals surface area contributed by atoms with E-state index in [1.165, 1.54) is 30.3 Å². The SMILES string of the molecule is C#Cc1c(-c2cc(Cl)ccc2OCCn2c(C(F)F)nc3cccc(C#N)c3c2=O)csc1C(=O)O. The molecule has 180 valence electrons. The van der Waals surface area contributed by atoms with Crippen LogP contribution in [0.5, 0.6) is 5.75 Å². The number of benzene rings is 2. The number of halogens is 3. The van der Waals surface area contributed by atoms with Crippen molar-refractivity contribution in [1.82, 2.24) is 9.55 Å². The van der Waals surface area contributed by atoms with Crippen LogP contribution in [0.3, 0.4) is 0 Å². The topological polar surface area (TPSA) is 105 Å². The van der Waals surface area contributed by atoms with Crippen LogP contribution in [0.4, 0.5) is 8.78 Å². The highest BCUT2D eigenvalue weighted by molar-refractivity contribution is 7.12. The maximum Gasteiger partial charge on any atom is 0.347 e. The van der Waals surface area contributed by atoms with E-state index in [1.807, 2.05) is 6.07 Å². The number of terminal acetylenes is 1. The predicted molar refractivity (Wildman–Crippen MR) is 131 cm³/mol. The fourth-order valence-electron chi connectivity index (χ4n) is 3.70. The van der Waals surface area contributed by atoms with Crippen molar-refractivity contribution in [3.8, 4) is 35.3 Å². The van der Waals surface area contributed by atoms with Gasteiger partial charge in [-0.3, -0.25) is 9.36 Å². The van der Waals surface area contributed by atoms with Crippen molar-refractivity contribution < 1.29 is 23.4 Å². The number of alkyl halides is 2. The lowest BCUT2D eigenvalue weighted by Crippen LogP contribution is -2.28. The number of hydrogen-bond acceptors (Lipinski definition) is 6. The average molecular weight is 526 g/mol. The Morgan fingerprint density at radius 1 is 1.31 bits per heavy atom. The fourth-order valence-corrected chi connectivity index (χ4v) is 4.74. The number of rotatable bonds is 7. The van der Waals surface area contributed by atoms with Crippen LogP contribution in [0.2, 0.25) is 5.02 Å². The zero-order valence-corrected chi connectivity index (χ0v) is 19.7. The van der Waals surface area contributed by atoms with Crippen LogP contribution >= 0.6 is 22.9 Å². The number of thiophene rings is 1. The molecule has 0 aliphatic rings. The number of nitriles is 1. The molecule has 0 aliphatic carbocycles. The second-order valence-corrected chi connectivity index (χ2v) is 8.65. The summed E-state index contributed by atoms with van der Waals surface area (Å²) >= 11 is 7.08. The summed E-state index contributed by atoms with van der Waals surface area (Å²) in [6.45, 7) is -0.521. The van der Waals surface area contributed by atoms with Gasteiger partial charge in [-0.2, -0.15) is 5.26 Å². The molecule has 7 nitrogen and oxygen atoms in total. The van der Waals surface area contributed by atoms with Gasteiger partial charge >= 0.3 is 5.97 Å². The fraction of sp³-hybridized carbons (Fsp3) is 0.120. The molecule has 1 N–H and O–H groups in total. The molecule has 0 radical (unpaired) electrons. The van der Waals surface area contributed by atoms with Crippen LogP contribution in [0.1, 0.15) is 33.0 Å². The molecule has 4 aromatic rings. The Balaban J connectivity index is 1.71. The van der Waals surface area contributed by atoms with Crippen molar-refractivity contribution in [1.29, 1.82) is 5.26 Å². The third-order valence-corrected chi connectivity index (χ3v) is 6.47. The van der Waals surface area contributed by atoms with Crippen molar-refractivity contribution in [3.63, 3.8) is 0 Å². The first-order valence-electron chi connectivity index (χ1n) is 10.2. The van der Waals surface area contributed by atoms with Crippen LogP contribution in [-0.2, 0) is 6.54 Å². The molecule has 0 atom stereocenters. The number of carboxylic acids is 1. The zero-order valence-electron chi connectivity index (χ0n) is 18.2. The molecule has 0 unspecified atom stereocenters. The molecule has 0 fully saturated rings. The molecule has 11 heteroatoms. The first-order chi connectivity index (χ1) is 17.3. The van der Waals surface area contributed by atoms with Gasteiger partial charge in [-0.1, -0.05) is 23.6 Å². The number of carboxylic acid groups (broad SMARTS) is 1. The average Bonchev–Trinajstić information content (AvgIpc) is 3.29. The monoisotopic (exact) mass is 525 g/mol. The predicted octanol–water partition coefficient (Wildman–Crippen LogP) is 5.35. The third-order valence-electron chi connectivity index (χ3n) is 5.26. The number of hydrogen-bond donors (Lipinski definition) is 1. The number of ether oxygens (including phenoxy) is 1. The van der Waals surface area contributed by atoms with Gasteiger partial charge in [0.1, 0.15) is 23.3 Å².